The van der Waals surface area contributed by atoms with Crippen LogP contribution in [0.25, 0.3) is 11.3 Å². The number of aromatic nitrogens is 2. The Morgan fingerprint density at radius 1 is 1.10 bits per heavy atom. The minimum Gasteiger partial charge on any atom is -0.496 e. The number of piperazine rings is 1. The van der Waals surface area contributed by atoms with E-state index in [1.54, 1.807) is 25.4 Å². The van der Waals surface area contributed by atoms with Gasteiger partial charge in [0, 0.05) is 63.7 Å². The van der Waals surface area contributed by atoms with Gasteiger partial charge < -0.3 is 24.2 Å². The molecule has 41 heavy (non-hydrogen) atoms. The molecule has 0 aliphatic carbocycles. The topological polar surface area (TPSA) is 121 Å². The van der Waals surface area contributed by atoms with Crippen molar-refractivity contribution in [3.8, 4) is 28.8 Å². The third-order valence-electron chi connectivity index (χ3n) is 7.50. The van der Waals surface area contributed by atoms with Crippen molar-refractivity contribution in [2.24, 2.45) is 0 Å². The minimum atomic E-state index is -0.0622. The fraction of sp³-hybridized carbons (Fsp3) is 0.419. The second-order valence-electron chi connectivity index (χ2n) is 10.2. The maximum Gasteiger partial charge on any atom is 0.257 e. The van der Waals surface area contributed by atoms with Gasteiger partial charge in [-0.3, -0.25) is 9.69 Å². The van der Waals surface area contributed by atoms with Crippen molar-refractivity contribution >= 4 is 5.91 Å². The monoisotopic (exact) mass is 557 g/mol. The highest BCUT2D eigenvalue weighted by Crippen LogP contribution is 2.28. The summed E-state index contributed by atoms with van der Waals surface area (Å²) in [6.45, 7) is 4.78. The molecule has 0 bridgehead atoms. The Balaban J connectivity index is 1.28. The summed E-state index contributed by atoms with van der Waals surface area (Å²) < 4.78 is 17.1. The van der Waals surface area contributed by atoms with Gasteiger partial charge in [-0.15, -0.1) is 0 Å². The van der Waals surface area contributed by atoms with E-state index in [1.807, 2.05) is 35.2 Å². The van der Waals surface area contributed by atoms with Crippen LogP contribution in [0.5, 0.6) is 11.5 Å². The van der Waals surface area contributed by atoms with E-state index in [4.69, 9.17) is 24.3 Å². The summed E-state index contributed by atoms with van der Waals surface area (Å²) in [5.74, 6) is 1.64. The lowest BCUT2D eigenvalue weighted by Crippen LogP contribution is -2.49. The highest BCUT2D eigenvalue weighted by atomic mass is 16.5. The van der Waals surface area contributed by atoms with Gasteiger partial charge in [0.1, 0.15) is 29.5 Å². The molecule has 2 saturated heterocycles. The molecule has 1 aromatic heterocycles. The second-order valence-corrected chi connectivity index (χ2v) is 10.2. The summed E-state index contributed by atoms with van der Waals surface area (Å²) in [4.78, 5) is 26.4. The quantitative estimate of drug-likeness (QED) is 0.423. The van der Waals surface area contributed by atoms with Crippen molar-refractivity contribution in [1.82, 2.24) is 19.8 Å². The van der Waals surface area contributed by atoms with Gasteiger partial charge in [0.15, 0.2) is 0 Å². The molecule has 1 N–H and O–H groups in total. The number of benzene rings is 2. The molecule has 2 aliphatic rings. The first-order valence-electron chi connectivity index (χ1n) is 14.0. The number of methoxy groups -OCH3 is 1. The highest BCUT2D eigenvalue weighted by Gasteiger charge is 2.24. The number of aliphatic hydroxyl groups excluding tert-OH is 1. The Kier molecular flexibility index (Phi) is 9.41. The molecule has 0 spiro atoms. The normalized spacial score (nSPS) is 16.3. The fourth-order valence-electron chi connectivity index (χ4n) is 5.19. The average Bonchev–Trinajstić information content (AvgIpc) is 3.02. The van der Waals surface area contributed by atoms with Gasteiger partial charge in [-0.05, 0) is 42.0 Å². The predicted octanol–water partition coefficient (Wildman–Crippen LogP) is 2.92. The largest absolute Gasteiger partial charge is 0.496 e. The van der Waals surface area contributed by atoms with E-state index in [9.17, 15) is 10.1 Å². The zero-order chi connectivity index (χ0) is 28.6. The van der Waals surface area contributed by atoms with Gasteiger partial charge in [0.05, 0.1) is 43.8 Å². The molecule has 2 aliphatic heterocycles. The van der Waals surface area contributed by atoms with Crippen LogP contribution in [0, 0.1) is 11.3 Å². The average molecular weight is 558 g/mol. The molecule has 214 valence electrons. The number of carbonyl (C=O) groups excluding carboxylic acids is 1. The van der Waals surface area contributed by atoms with Gasteiger partial charge in [-0.2, -0.15) is 5.26 Å². The van der Waals surface area contributed by atoms with Gasteiger partial charge in [0.25, 0.3) is 5.91 Å². The standard InChI is InChI=1S/C31H35N5O5/c1-39-29-18-22(2-4-26(29)31(38)36-12-10-35(11-13-36)14-15-37)19-30-33-9-6-27(34-30)23-3-5-28(24(20-23)21-32)41-25-7-16-40-17-8-25/h2-6,9,18,20,25,37H,7-8,10-17,19H2,1H3. The van der Waals surface area contributed by atoms with Gasteiger partial charge in [-0.1, -0.05) is 6.07 Å². The van der Waals surface area contributed by atoms with Crippen LogP contribution in [-0.4, -0.2) is 96.5 Å². The SMILES string of the molecule is COc1cc(Cc2nccc(-c3ccc(OC4CCOCC4)c(C#N)c3)n2)ccc1C(=O)N1CCN(CCO)CC1. The predicted molar refractivity (Wildman–Crippen MR) is 152 cm³/mol. The molecule has 10 heteroatoms. The minimum absolute atomic E-state index is 0.0492. The maximum atomic E-state index is 13.2. The molecule has 3 heterocycles. The van der Waals surface area contributed by atoms with Gasteiger partial charge in [-0.25, -0.2) is 9.97 Å². The first-order chi connectivity index (χ1) is 20.1. The summed E-state index contributed by atoms with van der Waals surface area (Å²) >= 11 is 0. The van der Waals surface area contributed by atoms with E-state index < -0.39 is 0 Å². The lowest BCUT2D eigenvalue weighted by molar-refractivity contribution is 0.0254. The molecule has 0 atom stereocenters. The number of aliphatic hydroxyl groups is 1. The number of ether oxygens (including phenoxy) is 3. The number of hydrogen-bond acceptors (Lipinski definition) is 9. The molecule has 2 fully saturated rings. The van der Waals surface area contributed by atoms with E-state index >= 15 is 0 Å². The molecule has 10 nitrogen and oxygen atoms in total. The lowest BCUT2D eigenvalue weighted by Gasteiger charge is -2.34. The number of hydrogen-bond donors (Lipinski definition) is 1. The van der Waals surface area contributed by atoms with E-state index in [0.29, 0.717) is 73.4 Å². The molecular formula is C31H35N5O5. The second kappa shape index (κ2) is 13.5. The number of amides is 1. The maximum absolute atomic E-state index is 13.2. The molecule has 1 amide bonds. The van der Waals surface area contributed by atoms with Crippen LogP contribution in [0.2, 0.25) is 0 Å². The van der Waals surface area contributed by atoms with Crippen molar-refractivity contribution in [2.75, 3.05) is 59.7 Å². The van der Waals surface area contributed by atoms with E-state index in [2.05, 4.69) is 16.0 Å². The van der Waals surface area contributed by atoms with Crippen molar-refractivity contribution in [3.63, 3.8) is 0 Å². The zero-order valence-electron chi connectivity index (χ0n) is 23.3. The van der Waals surface area contributed by atoms with Crippen LogP contribution in [0.1, 0.15) is 40.2 Å². The molecule has 5 rings (SSSR count). The summed E-state index contributed by atoms with van der Waals surface area (Å²) in [7, 11) is 1.56. The van der Waals surface area contributed by atoms with E-state index in [0.717, 1.165) is 37.1 Å². The lowest BCUT2D eigenvalue weighted by atomic mass is 10.0. The summed E-state index contributed by atoms with van der Waals surface area (Å²) in [5.41, 5.74) is 3.43. The number of nitriles is 1. The van der Waals surface area contributed by atoms with E-state index in [-0.39, 0.29) is 18.6 Å². The molecule has 0 saturated carbocycles. The third kappa shape index (κ3) is 7.00. The molecule has 0 unspecified atom stereocenters. The molecular weight excluding hydrogens is 522 g/mol. The number of carbonyl (C=O) groups is 1. The Morgan fingerprint density at radius 3 is 2.63 bits per heavy atom. The molecule has 3 aromatic rings. The van der Waals surface area contributed by atoms with Crippen LogP contribution >= 0.6 is 0 Å². The number of rotatable bonds is 9. The van der Waals surface area contributed by atoms with Crippen LogP contribution in [-0.2, 0) is 11.2 Å². The third-order valence-corrected chi connectivity index (χ3v) is 7.50. The summed E-state index contributed by atoms with van der Waals surface area (Å²) in [5, 5.41) is 18.9. The van der Waals surface area contributed by atoms with Gasteiger partial charge >= 0.3 is 0 Å². The summed E-state index contributed by atoms with van der Waals surface area (Å²) in [6, 6.07) is 15.2. The Bertz CT molecular complexity index is 1390. The van der Waals surface area contributed by atoms with Crippen molar-refractivity contribution in [3.05, 3.63) is 71.2 Å². The molecule has 2 aromatic carbocycles. The number of β-amino-alcohol motifs (C(OH)–C–C–N with tert-alkyl or cyclic N) is 1. The Morgan fingerprint density at radius 2 is 1.90 bits per heavy atom. The van der Waals surface area contributed by atoms with Crippen LogP contribution in [0.3, 0.4) is 0 Å². The fourth-order valence-corrected chi connectivity index (χ4v) is 5.19. The first kappa shape index (κ1) is 28.5. The van der Waals surface area contributed by atoms with Crippen LogP contribution in [0.4, 0.5) is 0 Å². The number of nitrogens with zero attached hydrogens (tertiary/aromatic N) is 5. The Hall–Kier alpha value is -4.04. The van der Waals surface area contributed by atoms with Crippen molar-refractivity contribution < 1.29 is 24.1 Å². The van der Waals surface area contributed by atoms with E-state index in [1.165, 1.54) is 0 Å². The smallest absolute Gasteiger partial charge is 0.257 e. The summed E-state index contributed by atoms with van der Waals surface area (Å²) in [6.07, 6.45) is 3.83. The highest BCUT2D eigenvalue weighted by molar-refractivity contribution is 5.97. The van der Waals surface area contributed by atoms with Crippen molar-refractivity contribution in [1.29, 1.82) is 5.26 Å². The van der Waals surface area contributed by atoms with Crippen LogP contribution in [0.15, 0.2) is 48.7 Å². The molecule has 0 radical (unpaired) electrons. The zero-order valence-corrected chi connectivity index (χ0v) is 23.3. The van der Waals surface area contributed by atoms with Crippen molar-refractivity contribution in [2.45, 2.75) is 25.4 Å². The van der Waals surface area contributed by atoms with Gasteiger partial charge in [0.2, 0.25) is 0 Å². The first-order valence-corrected chi connectivity index (χ1v) is 14.0. The Labute approximate surface area is 240 Å². The van der Waals surface area contributed by atoms with Crippen LogP contribution < -0.4 is 9.47 Å².